The molecule has 0 saturated carbocycles. The highest BCUT2D eigenvalue weighted by Gasteiger charge is 2.20. The van der Waals surface area contributed by atoms with Crippen LogP contribution in [0.2, 0.25) is 0 Å². The van der Waals surface area contributed by atoms with Gasteiger partial charge in [-0.05, 0) is 6.92 Å². The third-order valence-corrected chi connectivity index (χ3v) is 3.23. The zero-order valence-corrected chi connectivity index (χ0v) is 10.7. The van der Waals surface area contributed by atoms with Crippen LogP contribution in [0.5, 0.6) is 0 Å². The minimum Gasteiger partial charge on any atom is -0.374 e. The Labute approximate surface area is 102 Å². The van der Waals surface area contributed by atoms with Gasteiger partial charge >= 0.3 is 0 Å². The number of rotatable bonds is 4. The topological polar surface area (TPSA) is 67.2 Å². The predicted molar refractivity (Wildman–Crippen MR) is 66.8 cm³/mol. The number of hydrogen-bond donors (Lipinski definition) is 2. The molecule has 0 unspecified atom stereocenters. The van der Waals surface area contributed by atoms with Crippen molar-refractivity contribution in [2.24, 2.45) is 5.73 Å². The van der Waals surface area contributed by atoms with Crippen LogP contribution >= 0.6 is 0 Å². The Bertz CT molecular complexity index is 363. The van der Waals surface area contributed by atoms with E-state index >= 15 is 0 Å². The third-order valence-electron chi connectivity index (χ3n) is 3.23. The van der Waals surface area contributed by atoms with Crippen molar-refractivity contribution in [3.63, 3.8) is 0 Å². The second kappa shape index (κ2) is 5.62. The Morgan fingerprint density at radius 2 is 2.41 bits per heavy atom. The molecule has 0 amide bonds. The molecule has 5 heteroatoms. The summed E-state index contributed by atoms with van der Waals surface area (Å²) >= 11 is 0. The van der Waals surface area contributed by atoms with Crippen LogP contribution in [0.1, 0.15) is 24.1 Å². The molecule has 1 fully saturated rings. The molecular weight excluding hydrogens is 216 g/mol. The molecule has 0 radical (unpaired) electrons. The maximum absolute atomic E-state index is 5.64. The van der Waals surface area contributed by atoms with Gasteiger partial charge in [0.15, 0.2) is 0 Å². The smallest absolute Gasteiger partial charge is 0.106 e. The molecule has 2 heterocycles. The van der Waals surface area contributed by atoms with Gasteiger partial charge in [0.1, 0.15) is 5.82 Å². The summed E-state index contributed by atoms with van der Waals surface area (Å²) in [6.07, 6.45) is 1.13. The molecular formula is C12H22N4O. The molecule has 1 atom stereocenters. The van der Waals surface area contributed by atoms with Crippen LogP contribution in [0.3, 0.4) is 0 Å². The van der Waals surface area contributed by atoms with Crippen LogP contribution in [0.15, 0.2) is 0 Å². The number of imidazole rings is 1. The lowest BCUT2D eigenvalue weighted by Gasteiger charge is -2.31. The molecule has 2 rings (SSSR count). The largest absolute Gasteiger partial charge is 0.374 e. The van der Waals surface area contributed by atoms with Gasteiger partial charge in [0.25, 0.3) is 0 Å². The Morgan fingerprint density at radius 1 is 1.59 bits per heavy atom. The number of H-pyrrole nitrogens is 1. The molecule has 0 spiro atoms. The van der Waals surface area contributed by atoms with Crippen LogP contribution < -0.4 is 5.73 Å². The zero-order valence-electron chi connectivity index (χ0n) is 10.7. The van der Waals surface area contributed by atoms with E-state index in [2.05, 4.69) is 28.7 Å². The minimum absolute atomic E-state index is 0.175. The molecule has 0 aliphatic carbocycles. The molecule has 1 aromatic heterocycles. The van der Waals surface area contributed by atoms with Crippen molar-refractivity contribution in [1.29, 1.82) is 0 Å². The van der Waals surface area contributed by atoms with Crippen LogP contribution in [0.25, 0.3) is 0 Å². The fourth-order valence-corrected chi connectivity index (χ4v) is 2.16. The molecule has 1 aromatic rings. The number of hydrogen-bond acceptors (Lipinski definition) is 4. The number of aryl methyl sites for hydroxylation is 2. The first-order chi connectivity index (χ1) is 8.22. The van der Waals surface area contributed by atoms with Crippen molar-refractivity contribution >= 4 is 0 Å². The minimum atomic E-state index is 0.175. The van der Waals surface area contributed by atoms with Gasteiger partial charge in [-0.25, -0.2) is 4.98 Å². The lowest BCUT2D eigenvalue weighted by atomic mass is 10.2. The normalized spacial score (nSPS) is 21.9. The Kier molecular flexibility index (Phi) is 4.15. The fraction of sp³-hybridized carbons (Fsp3) is 0.750. The number of ether oxygens (including phenoxy) is 1. The molecule has 96 valence electrons. The SMILES string of the molecule is CCc1nc(CN2CCO[C@H](CN)C2)c(C)[nH]1. The van der Waals surface area contributed by atoms with Crippen LogP contribution in [-0.4, -0.2) is 47.2 Å². The van der Waals surface area contributed by atoms with Crippen LogP contribution in [0.4, 0.5) is 0 Å². The standard InChI is InChI=1S/C12H22N4O/c1-3-12-14-9(2)11(15-12)8-16-4-5-17-10(6-13)7-16/h10H,3-8,13H2,1-2H3,(H,14,15)/t10-/m1/s1. The van der Waals surface area contributed by atoms with Gasteiger partial charge in [-0.1, -0.05) is 6.92 Å². The molecule has 3 N–H and O–H groups in total. The highest BCUT2D eigenvalue weighted by atomic mass is 16.5. The number of nitrogens with zero attached hydrogens (tertiary/aromatic N) is 2. The number of morpholine rings is 1. The number of aromatic nitrogens is 2. The predicted octanol–water partition coefficient (Wildman–Crippen LogP) is 0.440. The summed E-state index contributed by atoms with van der Waals surface area (Å²) in [7, 11) is 0. The molecule has 1 aliphatic heterocycles. The van der Waals surface area contributed by atoms with E-state index in [9.17, 15) is 0 Å². The second-order valence-electron chi connectivity index (χ2n) is 4.57. The summed E-state index contributed by atoms with van der Waals surface area (Å²) in [5.41, 5.74) is 7.97. The highest BCUT2D eigenvalue weighted by Crippen LogP contribution is 2.12. The molecule has 1 saturated heterocycles. The highest BCUT2D eigenvalue weighted by molar-refractivity contribution is 5.13. The van der Waals surface area contributed by atoms with Gasteiger partial charge in [0.05, 0.1) is 18.4 Å². The summed E-state index contributed by atoms with van der Waals surface area (Å²) in [4.78, 5) is 10.3. The number of nitrogens with one attached hydrogen (secondary N) is 1. The van der Waals surface area contributed by atoms with Gasteiger partial charge < -0.3 is 15.5 Å². The van der Waals surface area contributed by atoms with E-state index < -0.39 is 0 Å². The van der Waals surface area contributed by atoms with E-state index in [1.54, 1.807) is 0 Å². The monoisotopic (exact) mass is 238 g/mol. The van der Waals surface area contributed by atoms with Crippen LogP contribution in [-0.2, 0) is 17.7 Å². The average molecular weight is 238 g/mol. The van der Waals surface area contributed by atoms with Crippen molar-refractivity contribution in [1.82, 2.24) is 14.9 Å². The average Bonchev–Trinajstić information content (AvgIpc) is 2.70. The fourth-order valence-electron chi connectivity index (χ4n) is 2.16. The molecule has 1 aliphatic rings. The molecule has 0 bridgehead atoms. The summed E-state index contributed by atoms with van der Waals surface area (Å²) in [6, 6.07) is 0. The summed E-state index contributed by atoms with van der Waals surface area (Å²) in [5, 5.41) is 0. The summed E-state index contributed by atoms with van der Waals surface area (Å²) in [6.45, 7) is 8.32. The lowest BCUT2D eigenvalue weighted by Crippen LogP contribution is -2.45. The van der Waals surface area contributed by atoms with Crippen LogP contribution in [0, 0.1) is 6.92 Å². The Balaban J connectivity index is 1.97. The van der Waals surface area contributed by atoms with E-state index in [0.29, 0.717) is 6.54 Å². The van der Waals surface area contributed by atoms with Gasteiger partial charge in [0.2, 0.25) is 0 Å². The first kappa shape index (κ1) is 12.5. The quantitative estimate of drug-likeness (QED) is 0.799. The first-order valence-corrected chi connectivity index (χ1v) is 6.31. The zero-order chi connectivity index (χ0) is 12.3. The van der Waals surface area contributed by atoms with Crippen molar-refractivity contribution in [2.75, 3.05) is 26.2 Å². The van der Waals surface area contributed by atoms with Gasteiger partial charge in [-0.2, -0.15) is 0 Å². The Morgan fingerprint density at radius 3 is 3.06 bits per heavy atom. The third kappa shape index (κ3) is 3.06. The Hall–Kier alpha value is -0.910. The van der Waals surface area contributed by atoms with E-state index in [0.717, 1.165) is 44.2 Å². The van der Waals surface area contributed by atoms with Crippen molar-refractivity contribution in [3.05, 3.63) is 17.2 Å². The maximum atomic E-state index is 5.64. The van der Waals surface area contributed by atoms with E-state index in [4.69, 9.17) is 10.5 Å². The van der Waals surface area contributed by atoms with Gasteiger partial charge in [-0.3, -0.25) is 4.90 Å². The second-order valence-corrected chi connectivity index (χ2v) is 4.57. The van der Waals surface area contributed by atoms with E-state index in [1.165, 1.54) is 5.69 Å². The molecule has 17 heavy (non-hydrogen) atoms. The summed E-state index contributed by atoms with van der Waals surface area (Å²) in [5.74, 6) is 1.07. The van der Waals surface area contributed by atoms with E-state index in [1.807, 2.05) is 0 Å². The first-order valence-electron chi connectivity index (χ1n) is 6.31. The maximum Gasteiger partial charge on any atom is 0.106 e. The summed E-state index contributed by atoms with van der Waals surface area (Å²) < 4.78 is 5.56. The molecule has 5 nitrogen and oxygen atoms in total. The number of aromatic amines is 1. The van der Waals surface area contributed by atoms with Gasteiger partial charge in [0, 0.05) is 38.3 Å². The van der Waals surface area contributed by atoms with Gasteiger partial charge in [-0.15, -0.1) is 0 Å². The van der Waals surface area contributed by atoms with Crippen molar-refractivity contribution in [2.45, 2.75) is 32.9 Å². The van der Waals surface area contributed by atoms with Crippen molar-refractivity contribution in [3.8, 4) is 0 Å². The number of nitrogens with two attached hydrogens (primary N) is 1. The van der Waals surface area contributed by atoms with E-state index in [-0.39, 0.29) is 6.10 Å². The lowest BCUT2D eigenvalue weighted by molar-refractivity contribution is -0.0264. The molecule has 0 aromatic carbocycles. The van der Waals surface area contributed by atoms with Crippen molar-refractivity contribution < 1.29 is 4.74 Å².